The summed E-state index contributed by atoms with van der Waals surface area (Å²) in [6.45, 7) is 7.03. The molecule has 0 aromatic carbocycles. The van der Waals surface area contributed by atoms with Gasteiger partial charge in [-0.3, -0.25) is 4.90 Å². The van der Waals surface area contributed by atoms with Gasteiger partial charge >= 0.3 is 0 Å². The minimum atomic E-state index is -0.168. The molecule has 76 valence electrons. The fourth-order valence-corrected chi connectivity index (χ4v) is 2.01. The lowest BCUT2D eigenvalue weighted by molar-refractivity contribution is 0.113. The van der Waals surface area contributed by atoms with Crippen LogP contribution in [-0.4, -0.2) is 35.7 Å². The average molecular weight is 248 g/mol. The number of rotatable bonds is 3. The fourth-order valence-electron chi connectivity index (χ4n) is 1.45. The van der Waals surface area contributed by atoms with Crippen LogP contribution in [-0.2, 0) is 0 Å². The Morgan fingerprint density at radius 3 is 2.85 bits per heavy atom. The van der Waals surface area contributed by atoms with Crippen LogP contribution in [0.5, 0.6) is 0 Å². The van der Waals surface area contributed by atoms with Crippen molar-refractivity contribution in [3.63, 3.8) is 0 Å². The van der Waals surface area contributed by atoms with E-state index in [0.717, 1.165) is 32.5 Å². The second-order valence-electron chi connectivity index (χ2n) is 3.73. The van der Waals surface area contributed by atoms with Crippen molar-refractivity contribution in [2.45, 2.75) is 32.8 Å². The normalized spacial score (nSPS) is 22.2. The zero-order chi connectivity index (χ0) is 9.84. The molecule has 3 heteroatoms. The summed E-state index contributed by atoms with van der Waals surface area (Å²) >= 11 is 3.56. The van der Waals surface area contributed by atoms with E-state index in [4.69, 9.17) is 0 Å². The fraction of sp³-hybridized carbons (Fsp3) is 0.800. The molecule has 0 amide bonds. The van der Waals surface area contributed by atoms with Crippen LogP contribution in [0.15, 0.2) is 10.1 Å². The third kappa shape index (κ3) is 3.41. The van der Waals surface area contributed by atoms with Gasteiger partial charge in [-0.2, -0.15) is 0 Å². The van der Waals surface area contributed by atoms with Crippen LogP contribution < -0.4 is 0 Å². The molecule has 1 aliphatic heterocycles. The van der Waals surface area contributed by atoms with Crippen molar-refractivity contribution in [2.75, 3.05) is 19.6 Å². The molecular formula is C10H18BrNO. The van der Waals surface area contributed by atoms with E-state index in [1.807, 2.05) is 6.92 Å². The molecule has 0 aromatic rings. The van der Waals surface area contributed by atoms with Gasteiger partial charge in [0.05, 0.1) is 6.10 Å². The number of nitrogens with zero attached hydrogens (tertiary/aromatic N) is 1. The topological polar surface area (TPSA) is 23.5 Å². The smallest absolute Gasteiger partial charge is 0.0664 e. The SMILES string of the molecule is CCC(O)CN1CCC(C)=C(Br)C1. The summed E-state index contributed by atoms with van der Waals surface area (Å²) in [4.78, 5) is 2.30. The van der Waals surface area contributed by atoms with E-state index >= 15 is 0 Å². The Labute approximate surface area is 88.7 Å². The molecular weight excluding hydrogens is 230 g/mol. The van der Waals surface area contributed by atoms with E-state index in [9.17, 15) is 5.11 Å². The van der Waals surface area contributed by atoms with Crippen molar-refractivity contribution in [2.24, 2.45) is 0 Å². The average Bonchev–Trinajstić information content (AvgIpc) is 2.11. The van der Waals surface area contributed by atoms with Gasteiger partial charge < -0.3 is 5.11 Å². The number of halogens is 1. The van der Waals surface area contributed by atoms with Crippen LogP contribution in [0.2, 0.25) is 0 Å². The van der Waals surface area contributed by atoms with Gasteiger partial charge in [-0.25, -0.2) is 0 Å². The predicted molar refractivity (Wildman–Crippen MR) is 59.0 cm³/mol. The second kappa shape index (κ2) is 5.13. The number of hydrogen-bond acceptors (Lipinski definition) is 2. The van der Waals surface area contributed by atoms with E-state index in [1.54, 1.807) is 0 Å². The first-order valence-corrected chi connectivity index (χ1v) is 5.67. The highest BCUT2D eigenvalue weighted by Gasteiger charge is 2.16. The predicted octanol–water partition coefficient (Wildman–Crippen LogP) is 2.13. The summed E-state index contributed by atoms with van der Waals surface area (Å²) in [5, 5.41) is 9.49. The highest BCUT2D eigenvalue weighted by atomic mass is 79.9. The lowest BCUT2D eigenvalue weighted by atomic mass is 10.1. The quantitative estimate of drug-likeness (QED) is 0.827. The van der Waals surface area contributed by atoms with Crippen LogP contribution in [0.3, 0.4) is 0 Å². The van der Waals surface area contributed by atoms with Gasteiger partial charge in [0, 0.05) is 24.1 Å². The minimum Gasteiger partial charge on any atom is -0.392 e. The maximum absolute atomic E-state index is 9.49. The van der Waals surface area contributed by atoms with E-state index < -0.39 is 0 Å². The Kier molecular flexibility index (Phi) is 4.42. The first-order valence-electron chi connectivity index (χ1n) is 4.88. The summed E-state index contributed by atoms with van der Waals surface area (Å²) in [5.41, 5.74) is 1.45. The second-order valence-corrected chi connectivity index (χ2v) is 4.69. The van der Waals surface area contributed by atoms with E-state index in [2.05, 4.69) is 27.8 Å². The van der Waals surface area contributed by atoms with Crippen molar-refractivity contribution < 1.29 is 5.11 Å². The van der Waals surface area contributed by atoms with E-state index in [0.29, 0.717) is 0 Å². The third-order valence-electron chi connectivity index (χ3n) is 2.57. The number of aliphatic hydroxyl groups excluding tert-OH is 1. The first-order chi connectivity index (χ1) is 6.13. The number of β-amino-alcohol motifs (C(OH)–C–C–N with tert-alkyl or cyclic N) is 1. The lowest BCUT2D eigenvalue weighted by Crippen LogP contribution is -2.36. The summed E-state index contributed by atoms with van der Waals surface area (Å²) in [6.07, 6.45) is 1.80. The molecule has 0 saturated carbocycles. The molecule has 1 atom stereocenters. The zero-order valence-electron chi connectivity index (χ0n) is 8.39. The lowest BCUT2D eigenvalue weighted by Gasteiger charge is -2.29. The molecule has 1 N–H and O–H groups in total. The van der Waals surface area contributed by atoms with Crippen molar-refractivity contribution >= 4 is 15.9 Å². The standard InChI is InChI=1S/C10H18BrNO/c1-3-9(13)6-12-5-4-8(2)10(11)7-12/h9,13H,3-7H2,1-2H3. The van der Waals surface area contributed by atoms with E-state index in [1.165, 1.54) is 10.1 Å². The molecule has 0 radical (unpaired) electrons. The molecule has 1 aliphatic rings. The molecule has 0 bridgehead atoms. The van der Waals surface area contributed by atoms with Crippen molar-refractivity contribution in [3.05, 3.63) is 10.1 Å². The third-order valence-corrected chi connectivity index (χ3v) is 3.50. The summed E-state index contributed by atoms with van der Waals surface area (Å²) in [6, 6.07) is 0. The van der Waals surface area contributed by atoms with Crippen LogP contribution in [0.1, 0.15) is 26.7 Å². The summed E-state index contributed by atoms with van der Waals surface area (Å²) < 4.78 is 1.29. The van der Waals surface area contributed by atoms with Gasteiger partial charge in [0.1, 0.15) is 0 Å². The monoisotopic (exact) mass is 247 g/mol. The Balaban J connectivity index is 2.40. The van der Waals surface area contributed by atoms with Gasteiger partial charge in [-0.1, -0.05) is 28.4 Å². The first kappa shape index (κ1) is 11.2. The Bertz CT molecular complexity index is 203. The largest absolute Gasteiger partial charge is 0.392 e. The zero-order valence-corrected chi connectivity index (χ0v) is 9.97. The highest BCUT2D eigenvalue weighted by molar-refractivity contribution is 9.11. The van der Waals surface area contributed by atoms with Gasteiger partial charge in [0.2, 0.25) is 0 Å². The molecule has 1 rings (SSSR count). The van der Waals surface area contributed by atoms with Crippen molar-refractivity contribution in [1.82, 2.24) is 4.90 Å². The number of hydrogen-bond donors (Lipinski definition) is 1. The minimum absolute atomic E-state index is 0.168. The maximum Gasteiger partial charge on any atom is 0.0664 e. The molecule has 2 nitrogen and oxygen atoms in total. The molecule has 1 heterocycles. The maximum atomic E-state index is 9.49. The summed E-state index contributed by atoms with van der Waals surface area (Å²) in [5.74, 6) is 0. The summed E-state index contributed by atoms with van der Waals surface area (Å²) in [7, 11) is 0. The van der Waals surface area contributed by atoms with Gasteiger partial charge in [0.15, 0.2) is 0 Å². The van der Waals surface area contributed by atoms with Crippen LogP contribution in [0, 0.1) is 0 Å². The molecule has 0 aromatic heterocycles. The Morgan fingerprint density at radius 1 is 1.62 bits per heavy atom. The molecule has 13 heavy (non-hydrogen) atoms. The van der Waals surface area contributed by atoms with Crippen LogP contribution in [0.25, 0.3) is 0 Å². The highest BCUT2D eigenvalue weighted by Crippen LogP contribution is 2.21. The molecule has 0 aliphatic carbocycles. The van der Waals surface area contributed by atoms with Crippen LogP contribution >= 0.6 is 15.9 Å². The van der Waals surface area contributed by atoms with Crippen molar-refractivity contribution in [1.29, 1.82) is 0 Å². The number of aliphatic hydroxyl groups is 1. The Hall–Kier alpha value is 0.140. The van der Waals surface area contributed by atoms with Gasteiger partial charge in [-0.15, -0.1) is 0 Å². The van der Waals surface area contributed by atoms with Gasteiger partial charge in [0.25, 0.3) is 0 Å². The molecule has 0 saturated heterocycles. The molecule has 1 unspecified atom stereocenters. The van der Waals surface area contributed by atoms with Crippen molar-refractivity contribution in [3.8, 4) is 0 Å². The van der Waals surface area contributed by atoms with E-state index in [-0.39, 0.29) is 6.10 Å². The van der Waals surface area contributed by atoms with Crippen LogP contribution in [0.4, 0.5) is 0 Å². The molecule has 0 spiro atoms. The Morgan fingerprint density at radius 2 is 2.31 bits per heavy atom. The van der Waals surface area contributed by atoms with Gasteiger partial charge in [-0.05, 0) is 19.8 Å². The molecule has 0 fully saturated rings.